The van der Waals surface area contributed by atoms with Crippen LogP contribution in [0.25, 0.3) is 0 Å². The number of aliphatic hydroxyl groups is 1. The van der Waals surface area contributed by atoms with Gasteiger partial charge in [0.2, 0.25) is 0 Å². The standard InChI is InChI=1S/C14H22O2S/c1-10(2)8-17-9-14(15)13-6-5-12(16-4)7-11(13)3/h5-7,10,14-15H,8-9H2,1-4H3. The molecule has 0 saturated heterocycles. The Bertz CT molecular complexity index is 350. The molecule has 0 saturated carbocycles. The predicted molar refractivity (Wildman–Crippen MR) is 74.9 cm³/mol. The van der Waals surface area contributed by atoms with Crippen LogP contribution in [-0.4, -0.2) is 23.7 Å². The smallest absolute Gasteiger partial charge is 0.119 e. The van der Waals surface area contributed by atoms with E-state index in [0.29, 0.717) is 5.92 Å². The Balaban J connectivity index is 2.59. The van der Waals surface area contributed by atoms with Crippen LogP contribution < -0.4 is 4.74 Å². The number of thioether (sulfide) groups is 1. The maximum atomic E-state index is 10.1. The molecule has 1 unspecified atom stereocenters. The first-order valence-electron chi connectivity index (χ1n) is 5.95. The Morgan fingerprint density at radius 1 is 1.29 bits per heavy atom. The molecule has 0 aliphatic rings. The first kappa shape index (κ1) is 14.4. The van der Waals surface area contributed by atoms with E-state index in [4.69, 9.17) is 4.74 Å². The summed E-state index contributed by atoms with van der Waals surface area (Å²) < 4.78 is 5.16. The molecular formula is C14H22O2S. The van der Waals surface area contributed by atoms with Gasteiger partial charge >= 0.3 is 0 Å². The molecule has 0 aromatic heterocycles. The fourth-order valence-corrected chi connectivity index (χ4v) is 2.66. The predicted octanol–water partition coefficient (Wildman–Crippen LogP) is 3.43. The molecular weight excluding hydrogens is 232 g/mol. The Hall–Kier alpha value is -0.670. The summed E-state index contributed by atoms with van der Waals surface area (Å²) >= 11 is 1.80. The van der Waals surface area contributed by atoms with Crippen molar-refractivity contribution in [3.63, 3.8) is 0 Å². The fourth-order valence-electron chi connectivity index (χ4n) is 1.65. The molecule has 17 heavy (non-hydrogen) atoms. The van der Waals surface area contributed by atoms with Crippen LogP contribution in [0.3, 0.4) is 0 Å². The van der Waals surface area contributed by atoms with Gasteiger partial charge in [0.1, 0.15) is 5.75 Å². The van der Waals surface area contributed by atoms with E-state index in [1.54, 1.807) is 18.9 Å². The molecule has 0 aliphatic carbocycles. The maximum Gasteiger partial charge on any atom is 0.119 e. The molecule has 1 atom stereocenters. The first-order chi connectivity index (χ1) is 8.04. The lowest BCUT2D eigenvalue weighted by Crippen LogP contribution is -2.05. The highest BCUT2D eigenvalue weighted by Gasteiger charge is 2.11. The average Bonchev–Trinajstić information content (AvgIpc) is 2.28. The zero-order valence-electron chi connectivity index (χ0n) is 11.1. The molecule has 2 nitrogen and oxygen atoms in total. The van der Waals surface area contributed by atoms with Gasteiger partial charge in [0.05, 0.1) is 13.2 Å². The Morgan fingerprint density at radius 2 is 2.00 bits per heavy atom. The second kappa shape index (κ2) is 6.92. The van der Waals surface area contributed by atoms with Crippen molar-refractivity contribution in [3.05, 3.63) is 29.3 Å². The maximum absolute atomic E-state index is 10.1. The lowest BCUT2D eigenvalue weighted by molar-refractivity contribution is 0.203. The summed E-state index contributed by atoms with van der Waals surface area (Å²) in [6.45, 7) is 6.39. The van der Waals surface area contributed by atoms with Crippen molar-refractivity contribution in [2.24, 2.45) is 5.92 Å². The van der Waals surface area contributed by atoms with Crippen LogP contribution in [0, 0.1) is 12.8 Å². The van der Waals surface area contributed by atoms with Crippen LogP contribution in [0.15, 0.2) is 18.2 Å². The van der Waals surface area contributed by atoms with E-state index in [1.165, 1.54) is 0 Å². The molecule has 96 valence electrons. The molecule has 0 aliphatic heterocycles. The summed E-state index contributed by atoms with van der Waals surface area (Å²) in [6.07, 6.45) is -0.385. The zero-order chi connectivity index (χ0) is 12.8. The van der Waals surface area contributed by atoms with Gasteiger partial charge in [0.25, 0.3) is 0 Å². The van der Waals surface area contributed by atoms with E-state index in [-0.39, 0.29) is 6.10 Å². The van der Waals surface area contributed by atoms with Crippen molar-refractivity contribution >= 4 is 11.8 Å². The molecule has 1 aromatic rings. The number of benzene rings is 1. The Kier molecular flexibility index (Phi) is 5.86. The quantitative estimate of drug-likeness (QED) is 0.843. The third-order valence-electron chi connectivity index (χ3n) is 2.56. The van der Waals surface area contributed by atoms with Crippen LogP contribution in [-0.2, 0) is 0 Å². The summed E-state index contributed by atoms with van der Waals surface area (Å²) in [6, 6.07) is 5.82. The minimum Gasteiger partial charge on any atom is -0.497 e. The van der Waals surface area contributed by atoms with Crippen molar-refractivity contribution in [1.29, 1.82) is 0 Å². The molecule has 0 heterocycles. The molecule has 0 fully saturated rings. The van der Waals surface area contributed by atoms with Crippen LogP contribution in [0.4, 0.5) is 0 Å². The van der Waals surface area contributed by atoms with Gasteiger partial charge in [-0.05, 0) is 41.9 Å². The monoisotopic (exact) mass is 254 g/mol. The van der Waals surface area contributed by atoms with E-state index in [2.05, 4.69) is 13.8 Å². The molecule has 0 amide bonds. The van der Waals surface area contributed by atoms with Crippen LogP contribution in [0.2, 0.25) is 0 Å². The van der Waals surface area contributed by atoms with Crippen molar-refractivity contribution in [1.82, 2.24) is 0 Å². The summed E-state index contributed by atoms with van der Waals surface area (Å²) in [5, 5.41) is 10.1. The van der Waals surface area contributed by atoms with Crippen molar-refractivity contribution in [2.45, 2.75) is 26.9 Å². The third kappa shape index (κ3) is 4.60. The SMILES string of the molecule is COc1ccc(C(O)CSCC(C)C)c(C)c1. The summed E-state index contributed by atoms with van der Waals surface area (Å²) in [4.78, 5) is 0. The normalized spacial score (nSPS) is 12.8. The lowest BCUT2D eigenvalue weighted by Gasteiger charge is -2.15. The number of rotatable bonds is 6. The Labute approximate surface area is 108 Å². The van der Waals surface area contributed by atoms with Gasteiger partial charge in [0.15, 0.2) is 0 Å². The topological polar surface area (TPSA) is 29.5 Å². The largest absolute Gasteiger partial charge is 0.497 e. The number of methoxy groups -OCH3 is 1. The minimum atomic E-state index is -0.385. The summed E-state index contributed by atoms with van der Waals surface area (Å²) in [5.41, 5.74) is 2.09. The summed E-state index contributed by atoms with van der Waals surface area (Å²) in [5.74, 6) is 3.36. The van der Waals surface area contributed by atoms with Crippen LogP contribution in [0.1, 0.15) is 31.1 Å². The third-order valence-corrected chi connectivity index (χ3v) is 4.02. The Morgan fingerprint density at radius 3 is 2.53 bits per heavy atom. The molecule has 3 heteroatoms. The van der Waals surface area contributed by atoms with E-state index >= 15 is 0 Å². The number of aliphatic hydroxyl groups excluding tert-OH is 1. The molecule has 1 rings (SSSR count). The average molecular weight is 254 g/mol. The van der Waals surface area contributed by atoms with Crippen LogP contribution >= 0.6 is 11.8 Å². The van der Waals surface area contributed by atoms with Gasteiger partial charge < -0.3 is 9.84 Å². The summed E-state index contributed by atoms with van der Waals surface area (Å²) in [7, 11) is 1.66. The van der Waals surface area contributed by atoms with Gasteiger partial charge in [-0.25, -0.2) is 0 Å². The second-order valence-corrected chi connectivity index (χ2v) is 5.74. The van der Waals surface area contributed by atoms with Gasteiger partial charge in [-0.2, -0.15) is 11.8 Å². The van der Waals surface area contributed by atoms with E-state index < -0.39 is 0 Å². The van der Waals surface area contributed by atoms with Crippen molar-refractivity contribution < 1.29 is 9.84 Å². The highest BCUT2D eigenvalue weighted by Crippen LogP contribution is 2.25. The second-order valence-electron chi connectivity index (χ2n) is 4.67. The van der Waals surface area contributed by atoms with Crippen molar-refractivity contribution in [2.75, 3.05) is 18.6 Å². The number of aryl methyl sites for hydroxylation is 1. The number of hydrogen-bond donors (Lipinski definition) is 1. The molecule has 1 N–H and O–H groups in total. The molecule has 1 aromatic carbocycles. The van der Waals surface area contributed by atoms with Crippen molar-refractivity contribution in [3.8, 4) is 5.75 Å². The van der Waals surface area contributed by atoms with E-state index in [9.17, 15) is 5.11 Å². The van der Waals surface area contributed by atoms with Gasteiger partial charge in [-0.3, -0.25) is 0 Å². The number of ether oxygens (including phenoxy) is 1. The molecule has 0 spiro atoms. The molecule has 0 bridgehead atoms. The lowest BCUT2D eigenvalue weighted by atomic mass is 10.0. The zero-order valence-corrected chi connectivity index (χ0v) is 11.9. The number of hydrogen-bond acceptors (Lipinski definition) is 3. The molecule has 0 radical (unpaired) electrons. The van der Waals surface area contributed by atoms with E-state index in [1.807, 2.05) is 25.1 Å². The highest BCUT2D eigenvalue weighted by atomic mass is 32.2. The van der Waals surface area contributed by atoms with Gasteiger partial charge in [-0.1, -0.05) is 19.9 Å². The van der Waals surface area contributed by atoms with Gasteiger partial charge in [-0.15, -0.1) is 0 Å². The minimum absolute atomic E-state index is 0.385. The highest BCUT2D eigenvalue weighted by molar-refractivity contribution is 7.99. The first-order valence-corrected chi connectivity index (χ1v) is 7.10. The van der Waals surface area contributed by atoms with Crippen LogP contribution in [0.5, 0.6) is 5.75 Å². The van der Waals surface area contributed by atoms with Gasteiger partial charge in [0, 0.05) is 5.75 Å². The van der Waals surface area contributed by atoms with E-state index in [0.717, 1.165) is 28.4 Å². The fraction of sp³-hybridized carbons (Fsp3) is 0.571.